The molecule has 5 heteroatoms. The molecule has 1 aromatic heterocycles. The van der Waals surface area contributed by atoms with Crippen molar-refractivity contribution >= 4 is 17.7 Å². The Morgan fingerprint density at radius 1 is 0.886 bits per heavy atom. The van der Waals surface area contributed by atoms with Crippen molar-refractivity contribution < 1.29 is 4.79 Å². The first kappa shape index (κ1) is 24.8. The Bertz CT molecular complexity index is 1200. The number of imidazole rings is 1. The summed E-state index contributed by atoms with van der Waals surface area (Å²) >= 11 is 1.71. The Morgan fingerprint density at radius 2 is 1.49 bits per heavy atom. The summed E-state index contributed by atoms with van der Waals surface area (Å²) in [5.41, 5.74) is 5.34. The molecule has 0 aliphatic heterocycles. The number of nitrogens with zero attached hydrogens (tertiary/aromatic N) is 2. The summed E-state index contributed by atoms with van der Waals surface area (Å²) in [5, 5.41) is 3.98. The van der Waals surface area contributed by atoms with Crippen LogP contribution in [-0.2, 0) is 4.79 Å². The molecule has 35 heavy (non-hydrogen) atoms. The van der Waals surface area contributed by atoms with Crippen LogP contribution in [0.15, 0.2) is 96.2 Å². The van der Waals surface area contributed by atoms with Gasteiger partial charge in [0, 0.05) is 35.5 Å². The number of carbonyl (C=O) groups excluding carboxylic acids is 1. The largest absolute Gasteiger partial charge is 0.356 e. The van der Waals surface area contributed by atoms with Crippen molar-refractivity contribution in [3.8, 4) is 28.2 Å². The molecular weight excluding hydrogens is 450 g/mol. The number of carbonyl (C=O) groups is 1. The SMILES string of the molecule is CC(C)CCNC(=O)CCCSc1nc(-c2ccccc2)c(-c2ccccc2)n1-c1ccccc1. The first-order valence-corrected chi connectivity index (χ1v) is 13.3. The highest BCUT2D eigenvalue weighted by atomic mass is 32.2. The standard InChI is InChI=1S/C30H33N3OS/c1-23(2)20-21-31-27(34)19-12-22-35-30-32-28(24-13-6-3-7-14-24)29(25-15-8-4-9-16-25)33(30)26-17-10-5-11-18-26/h3-11,13-18,23H,12,19-22H2,1-2H3,(H,31,34). The van der Waals surface area contributed by atoms with Gasteiger partial charge in [-0.25, -0.2) is 4.98 Å². The van der Waals surface area contributed by atoms with Gasteiger partial charge in [0.05, 0.1) is 11.4 Å². The lowest BCUT2D eigenvalue weighted by atomic mass is 10.0. The number of hydrogen-bond donors (Lipinski definition) is 1. The fourth-order valence-corrected chi connectivity index (χ4v) is 4.91. The van der Waals surface area contributed by atoms with Crippen molar-refractivity contribution in [2.75, 3.05) is 12.3 Å². The molecule has 0 saturated carbocycles. The number of benzene rings is 3. The number of nitrogens with one attached hydrogen (secondary N) is 1. The van der Waals surface area contributed by atoms with Gasteiger partial charge in [0.15, 0.2) is 5.16 Å². The number of para-hydroxylation sites is 1. The van der Waals surface area contributed by atoms with Crippen LogP contribution in [0.3, 0.4) is 0 Å². The second kappa shape index (κ2) is 12.4. The molecule has 0 atom stereocenters. The van der Waals surface area contributed by atoms with E-state index < -0.39 is 0 Å². The average Bonchev–Trinajstić information content (AvgIpc) is 3.27. The number of rotatable bonds is 11. The topological polar surface area (TPSA) is 46.9 Å². The van der Waals surface area contributed by atoms with Gasteiger partial charge in [0.1, 0.15) is 0 Å². The molecule has 0 radical (unpaired) electrons. The summed E-state index contributed by atoms with van der Waals surface area (Å²) in [6.07, 6.45) is 2.36. The van der Waals surface area contributed by atoms with E-state index in [1.807, 2.05) is 18.2 Å². The monoisotopic (exact) mass is 483 g/mol. The minimum atomic E-state index is 0.132. The van der Waals surface area contributed by atoms with Crippen LogP contribution in [0.25, 0.3) is 28.2 Å². The van der Waals surface area contributed by atoms with Gasteiger partial charge in [-0.1, -0.05) is 104 Å². The van der Waals surface area contributed by atoms with Crippen molar-refractivity contribution in [2.24, 2.45) is 5.92 Å². The summed E-state index contributed by atoms with van der Waals surface area (Å²) in [6.45, 7) is 5.10. The van der Waals surface area contributed by atoms with Crippen LogP contribution in [0.4, 0.5) is 0 Å². The minimum absolute atomic E-state index is 0.132. The third kappa shape index (κ3) is 6.64. The zero-order chi connectivity index (χ0) is 24.5. The summed E-state index contributed by atoms with van der Waals surface area (Å²) in [7, 11) is 0. The average molecular weight is 484 g/mol. The van der Waals surface area contributed by atoms with Gasteiger partial charge in [-0.3, -0.25) is 9.36 Å². The molecule has 0 aliphatic carbocycles. The van der Waals surface area contributed by atoms with E-state index in [-0.39, 0.29) is 5.91 Å². The summed E-state index contributed by atoms with van der Waals surface area (Å²) in [4.78, 5) is 17.4. The quantitative estimate of drug-likeness (QED) is 0.181. The number of hydrogen-bond acceptors (Lipinski definition) is 3. The van der Waals surface area contributed by atoms with Gasteiger partial charge in [-0.05, 0) is 30.9 Å². The first-order chi connectivity index (χ1) is 17.1. The highest BCUT2D eigenvalue weighted by molar-refractivity contribution is 7.99. The second-order valence-corrected chi connectivity index (χ2v) is 10.0. The van der Waals surface area contributed by atoms with Crippen LogP contribution in [0.1, 0.15) is 33.1 Å². The summed E-state index contributed by atoms with van der Waals surface area (Å²) in [6, 6.07) is 31.2. The smallest absolute Gasteiger partial charge is 0.220 e. The molecule has 1 N–H and O–H groups in total. The van der Waals surface area contributed by atoms with E-state index in [4.69, 9.17) is 4.98 Å². The van der Waals surface area contributed by atoms with Gasteiger partial charge >= 0.3 is 0 Å². The first-order valence-electron chi connectivity index (χ1n) is 12.3. The van der Waals surface area contributed by atoms with E-state index in [0.29, 0.717) is 12.3 Å². The molecule has 0 spiro atoms. The number of thioether (sulfide) groups is 1. The fraction of sp³-hybridized carbons (Fsp3) is 0.267. The Hall–Kier alpha value is -3.31. The normalized spacial score (nSPS) is 11.1. The zero-order valence-electron chi connectivity index (χ0n) is 20.5. The molecule has 1 heterocycles. The lowest BCUT2D eigenvalue weighted by Gasteiger charge is -2.13. The molecule has 4 aromatic rings. The van der Waals surface area contributed by atoms with Crippen molar-refractivity contribution in [2.45, 2.75) is 38.3 Å². The molecule has 0 saturated heterocycles. The van der Waals surface area contributed by atoms with Gasteiger partial charge < -0.3 is 5.32 Å². The van der Waals surface area contributed by atoms with Crippen molar-refractivity contribution in [1.82, 2.24) is 14.9 Å². The van der Waals surface area contributed by atoms with Gasteiger partial charge in [0.25, 0.3) is 0 Å². The predicted molar refractivity (Wildman–Crippen MR) is 147 cm³/mol. The maximum Gasteiger partial charge on any atom is 0.220 e. The van der Waals surface area contributed by atoms with Crippen molar-refractivity contribution in [3.63, 3.8) is 0 Å². The molecule has 3 aromatic carbocycles. The van der Waals surface area contributed by atoms with Crippen LogP contribution in [0.5, 0.6) is 0 Å². The molecule has 1 amide bonds. The Balaban J connectivity index is 1.62. The van der Waals surface area contributed by atoms with E-state index in [0.717, 1.165) is 58.5 Å². The van der Waals surface area contributed by atoms with E-state index in [9.17, 15) is 4.79 Å². The zero-order valence-corrected chi connectivity index (χ0v) is 21.3. The van der Waals surface area contributed by atoms with E-state index >= 15 is 0 Å². The second-order valence-electron chi connectivity index (χ2n) is 8.98. The highest BCUT2D eigenvalue weighted by Crippen LogP contribution is 2.38. The number of aromatic nitrogens is 2. The Morgan fingerprint density at radius 3 is 2.11 bits per heavy atom. The maximum atomic E-state index is 12.2. The van der Waals surface area contributed by atoms with Crippen LogP contribution in [0, 0.1) is 5.92 Å². The van der Waals surface area contributed by atoms with E-state index in [1.54, 1.807) is 11.8 Å². The third-order valence-corrected chi connectivity index (χ3v) is 6.80. The molecule has 0 aliphatic rings. The lowest BCUT2D eigenvalue weighted by molar-refractivity contribution is -0.121. The maximum absolute atomic E-state index is 12.2. The molecule has 180 valence electrons. The molecular formula is C30H33N3OS. The molecule has 0 fully saturated rings. The van der Waals surface area contributed by atoms with E-state index in [1.165, 1.54) is 0 Å². The Labute approximate surface area is 212 Å². The van der Waals surface area contributed by atoms with Crippen LogP contribution >= 0.6 is 11.8 Å². The van der Waals surface area contributed by atoms with Gasteiger partial charge in [0.2, 0.25) is 5.91 Å². The lowest BCUT2D eigenvalue weighted by Crippen LogP contribution is -2.25. The van der Waals surface area contributed by atoms with E-state index in [2.05, 4.69) is 96.5 Å². The van der Waals surface area contributed by atoms with Crippen LogP contribution in [0.2, 0.25) is 0 Å². The fourth-order valence-electron chi connectivity index (χ4n) is 3.96. The number of amides is 1. The Kier molecular flexibility index (Phi) is 8.79. The third-order valence-electron chi connectivity index (χ3n) is 5.78. The van der Waals surface area contributed by atoms with Crippen molar-refractivity contribution in [3.05, 3.63) is 91.0 Å². The van der Waals surface area contributed by atoms with Crippen molar-refractivity contribution in [1.29, 1.82) is 0 Å². The minimum Gasteiger partial charge on any atom is -0.356 e. The summed E-state index contributed by atoms with van der Waals surface area (Å²) < 4.78 is 2.26. The highest BCUT2D eigenvalue weighted by Gasteiger charge is 2.21. The molecule has 4 rings (SSSR count). The van der Waals surface area contributed by atoms with Gasteiger partial charge in [-0.15, -0.1) is 0 Å². The summed E-state index contributed by atoms with van der Waals surface area (Å²) in [5.74, 6) is 1.55. The molecule has 0 bridgehead atoms. The predicted octanol–water partition coefficient (Wildman–Crippen LogP) is 7.24. The molecule has 0 unspecified atom stereocenters. The molecule has 4 nitrogen and oxygen atoms in total. The van der Waals surface area contributed by atoms with Crippen LogP contribution in [-0.4, -0.2) is 27.8 Å². The van der Waals surface area contributed by atoms with Crippen LogP contribution < -0.4 is 5.32 Å². The van der Waals surface area contributed by atoms with Gasteiger partial charge in [-0.2, -0.15) is 0 Å².